The quantitative estimate of drug-likeness (QED) is 0.301. The Morgan fingerprint density at radius 1 is 1.06 bits per heavy atom. The van der Waals surface area contributed by atoms with Crippen molar-refractivity contribution < 1.29 is 14.3 Å². The van der Waals surface area contributed by atoms with Gasteiger partial charge in [0.2, 0.25) is 0 Å². The number of hydrogen-bond acceptors (Lipinski definition) is 4. The van der Waals surface area contributed by atoms with Crippen LogP contribution in [0, 0.1) is 0 Å². The van der Waals surface area contributed by atoms with Crippen molar-refractivity contribution >= 4 is 45.6 Å². The molecule has 0 spiro atoms. The lowest BCUT2D eigenvalue weighted by Crippen LogP contribution is -2.22. The van der Waals surface area contributed by atoms with Crippen molar-refractivity contribution in [1.82, 2.24) is 4.98 Å². The Balaban J connectivity index is 1.88. The average molecular weight is 435 g/mol. The van der Waals surface area contributed by atoms with Crippen LogP contribution in [0.15, 0.2) is 73.5 Å². The van der Waals surface area contributed by atoms with Gasteiger partial charge in [-0.2, -0.15) is 0 Å². The van der Waals surface area contributed by atoms with Crippen molar-refractivity contribution in [3.63, 3.8) is 0 Å². The molecule has 0 fully saturated rings. The van der Waals surface area contributed by atoms with Crippen LogP contribution in [0.25, 0.3) is 16.5 Å². The molecular formula is C25H23ClN2O3. The third-order valence-electron chi connectivity index (χ3n) is 4.28. The van der Waals surface area contributed by atoms with Crippen molar-refractivity contribution in [2.75, 3.05) is 5.32 Å². The molecule has 0 saturated heterocycles. The largest absolute Gasteiger partial charge is 0.457 e. The molecule has 158 valence electrons. The highest BCUT2D eigenvalue weighted by molar-refractivity contribution is 6.31. The normalized spacial score (nSPS) is 11.5. The maximum Gasteiger partial charge on any atom is 0.331 e. The number of carbonyl (C=O) groups excluding carboxylic acids is 2. The Hall–Kier alpha value is -3.44. The number of allylic oxidation sites excluding steroid dienone is 2. The van der Waals surface area contributed by atoms with Crippen molar-refractivity contribution in [2.45, 2.75) is 26.4 Å². The van der Waals surface area contributed by atoms with E-state index in [1.165, 1.54) is 12.2 Å². The minimum absolute atomic E-state index is 0.336. The molecule has 6 heteroatoms. The van der Waals surface area contributed by atoms with Gasteiger partial charge in [-0.05, 0) is 68.3 Å². The number of anilines is 1. The Morgan fingerprint density at radius 2 is 1.81 bits per heavy atom. The summed E-state index contributed by atoms with van der Waals surface area (Å²) in [6.07, 6.45) is 4.47. The lowest BCUT2D eigenvalue weighted by molar-refractivity contribution is -0.148. The summed E-state index contributed by atoms with van der Waals surface area (Å²) in [7, 11) is 0. The van der Waals surface area contributed by atoms with E-state index in [0.717, 1.165) is 5.39 Å². The molecule has 3 rings (SSSR count). The first-order valence-corrected chi connectivity index (χ1v) is 10.1. The molecule has 0 radical (unpaired) electrons. The van der Waals surface area contributed by atoms with Crippen LogP contribution >= 0.6 is 11.6 Å². The Labute approximate surface area is 186 Å². The molecule has 0 atom stereocenters. The Bertz CT molecular complexity index is 1190. The van der Waals surface area contributed by atoms with E-state index >= 15 is 0 Å². The van der Waals surface area contributed by atoms with Crippen molar-refractivity contribution in [1.29, 1.82) is 0 Å². The molecular weight excluding hydrogens is 412 g/mol. The predicted octanol–water partition coefficient (Wildman–Crippen LogP) is 6.05. The molecule has 31 heavy (non-hydrogen) atoms. The standard InChI is InChI=1S/C25H23ClN2O3/c1-16(10-13-22(29)31-25(2,3)4)20-15-18(26)11-12-19(20)24(30)28-21-9-5-7-17-8-6-14-27-23(17)21/h5-15H,1H2,2-4H3,(H,28,30)/b13-10+. The first kappa shape index (κ1) is 22.2. The second-order valence-electron chi connectivity index (χ2n) is 7.92. The van der Waals surface area contributed by atoms with Crippen LogP contribution in [0.1, 0.15) is 36.7 Å². The molecule has 1 N–H and O–H groups in total. The monoisotopic (exact) mass is 434 g/mol. The predicted molar refractivity (Wildman–Crippen MR) is 125 cm³/mol. The van der Waals surface area contributed by atoms with E-state index in [4.69, 9.17) is 16.3 Å². The van der Waals surface area contributed by atoms with Crippen molar-refractivity contribution in [2.24, 2.45) is 0 Å². The van der Waals surface area contributed by atoms with E-state index in [1.54, 1.807) is 51.2 Å². The van der Waals surface area contributed by atoms with Gasteiger partial charge >= 0.3 is 5.97 Å². The molecule has 5 nitrogen and oxygen atoms in total. The first-order chi connectivity index (χ1) is 14.6. The van der Waals surface area contributed by atoms with Gasteiger partial charge in [0.25, 0.3) is 5.91 Å². The molecule has 3 aromatic rings. The van der Waals surface area contributed by atoms with E-state index in [9.17, 15) is 9.59 Å². The minimum Gasteiger partial charge on any atom is -0.457 e. The summed E-state index contributed by atoms with van der Waals surface area (Å²) in [5, 5.41) is 4.28. The number of nitrogens with zero attached hydrogens (tertiary/aromatic N) is 1. The summed E-state index contributed by atoms with van der Waals surface area (Å²) in [6.45, 7) is 9.35. The van der Waals surface area contributed by atoms with Gasteiger partial charge < -0.3 is 10.1 Å². The van der Waals surface area contributed by atoms with Gasteiger partial charge in [-0.1, -0.05) is 36.4 Å². The van der Waals surface area contributed by atoms with E-state index in [-0.39, 0.29) is 5.91 Å². The van der Waals surface area contributed by atoms with Gasteiger partial charge in [0.15, 0.2) is 0 Å². The van der Waals surface area contributed by atoms with Crippen LogP contribution in [0.3, 0.4) is 0 Å². The fourth-order valence-corrected chi connectivity index (χ4v) is 3.14. The number of carbonyl (C=O) groups is 2. The molecule has 1 heterocycles. The second-order valence-corrected chi connectivity index (χ2v) is 8.35. The van der Waals surface area contributed by atoms with Gasteiger partial charge in [-0.15, -0.1) is 0 Å². The molecule has 2 aromatic carbocycles. The van der Waals surface area contributed by atoms with Gasteiger partial charge in [-0.25, -0.2) is 4.79 Å². The average Bonchev–Trinajstić information content (AvgIpc) is 2.71. The van der Waals surface area contributed by atoms with Crippen LogP contribution < -0.4 is 5.32 Å². The smallest absolute Gasteiger partial charge is 0.331 e. The van der Waals surface area contributed by atoms with Crippen LogP contribution in [-0.2, 0) is 9.53 Å². The molecule has 1 amide bonds. The number of esters is 1. The number of pyridine rings is 1. The zero-order chi connectivity index (χ0) is 22.6. The number of rotatable bonds is 5. The summed E-state index contributed by atoms with van der Waals surface area (Å²) >= 11 is 6.16. The highest BCUT2D eigenvalue weighted by Crippen LogP contribution is 2.26. The highest BCUT2D eigenvalue weighted by Gasteiger charge is 2.17. The van der Waals surface area contributed by atoms with Gasteiger partial charge in [-0.3, -0.25) is 9.78 Å². The number of fused-ring (bicyclic) bond motifs is 1. The van der Waals surface area contributed by atoms with Gasteiger partial charge in [0.1, 0.15) is 5.60 Å². The molecule has 0 unspecified atom stereocenters. The zero-order valence-corrected chi connectivity index (χ0v) is 18.4. The third kappa shape index (κ3) is 5.80. The Morgan fingerprint density at radius 3 is 2.55 bits per heavy atom. The van der Waals surface area contributed by atoms with Crippen LogP contribution in [0.5, 0.6) is 0 Å². The van der Waals surface area contributed by atoms with E-state index in [0.29, 0.717) is 32.9 Å². The lowest BCUT2D eigenvalue weighted by atomic mass is 9.99. The highest BCUT2D eigenvalue weighted by atomic mass is 35.5. The number of nitrogens with one attached hydrogen (secondary N) is 1. The van der Waals surface area contributed by atoms with Crippen molar-refractivity contribution in [3.05, 3.63) is 89.6 Å². The first-order valence-electron chi connectivity index (χ1n) is 9.69. The van der Waals surface area contributed by atoms with E-state index < -0.39 is 11.6 Å². The SMILES string of the molecule is C=C(/C=C/C(=O)OC(C)(C)C)c1cc(Cl)ccc1C(=O)Nc1cccc2cccnc12. The van der Waals surface area contributed by atoms with Crippen LogP contribution in [-0.4, -0.2) is 22.5 Å². The number of ether oxygens (including phenoxy) is 1. The van der Waals surface area contributed by atoms with E-state index in [1.807, 2.05) is 24.3 Å². The number of halogens is 1. The number of amides is 1. The van der Waals surface area contributed by atoms with E-state index in [2.05, 4.69) is 16.9 Å². The maximum atomic E-state index is 13.1. The fourth-order valence-electron chi connectivity index (χ4n) is 2.97. The maximum absolute atomic E-state index is 13.1. The summed E-state index contributed by atoms with van der Waals surface area (Å²) in [4.78, 5) is 29.4. The number of aromatic nitrogens is 1. The summed E-state index contributed by atoms with van der Waals surface area (Å²) < 4.78 is 5.27. The summed E-state index contributed by atoms with van der Waals surface area (Å²) in [5.74, 6) is -0.833. The molecule has 0 aliphatic rings. The number of hydrogen-bond donors (Lipinski definition) is 1. The summed E-state index contributed by atoms with van der Waals surface area (Å²) in [6, 6.07) is 14.2. The molecule has 0 saturated carbocycles. The molecule has 0 aliphatic heterocycles. The second kappa shape index (κ2) is 9.14. The fraction of sp³-hybridized carbons (Fsp3) is 0.160. The number of benzene rings is 2. The van der Waals surface area contributed by atoms with Crippen molar-refractivity contribution in [3.8, 4) is 0 Å². The summed E-state index contributed by atoms with van der Waals surface area (Å²) in [5.41, 5.74) is 2.02. The molecule has 0 bridgehead atoms. The van der Waals surface area contributed by atoms with Crippen LogP contribution in [0.4, 0.5) is 5.69 Å². The van der Waals surface area contributed by atoms with Gasteiger partial charge in [0, 0.05) is 28.2 Å². The minimum atomic E-state index is -0.601. The van der Waals surface area contributed by atoms with Crippen LogP contribution in [0.2, 0.25) is 5.02 Å². The van der Waals surface area contributed by atoms with Gasteiger partial charge in [0.05, 0.1) is 11.2 Å². The molecule has 0 aliphatic carbocycles. The Kier molecular flexibility index (Phi) is 6.56. The zero-order valence-electron chi connectivity index (χ0n) is 17.6. The molecule has 1 aromatic heterocycles. The number of para-hydroxylation sites is 1. The topological polar surface area (TPSA) is 68.3 Å². The lowest BCUT2D eigenvalue weighted by Gasteiger charge is -2.18. The third-order valence-corrected chi connectivity index (χ3v) is 4.52.